The summed E-state index contributed by atoms with van der Waals surface area (Å²) in [7, 11) is 2.01. The number of nitrogens with zero attached hydrogens (tertiary/aromatic N) is 1. The standard InChI is InChI=1S/C13H27NO2/c1-7-9-13(5,11(15)16)10-14(6)12(3,4)8-2/h7-10H2,1-6H3,(H,15,16). The van der Waals surface area contributed by atoms with Gasteiger partial charge in [-0.05, 0) is 40.7 Å². The minimum absolute atomic E-state index is 0.0600. The van der Waals surface area contributed by atoms with Crippen LogP contribution in [0.15, 0.2) is 0 Å². The Morgan fingerprint density at radius 2 is 1.75 bits per heavy atom. The Morgan fingerprint density at radius 1 is 1.25 bits per heavy atom. The third-order valence-electron chi connectivity index (χ3n) is 3.80. The number of rotatable bonds is 7. The van der Waals surface area contributed by atoms with Crippen LogP contribution in [0.1, 0.15) is 53.9 Å². The number of carboxylic acid groups (broad SMARTS) is 1. The minimum Gasteiger partial charge on any atom is -0.481 e. The van der Waals surface area contributed by atoms with Crippen LogP contribution in [-0.2, 0) is 4.79 Å². The predicted molar refractivity (Wildman–Crippen MR) is 67.7 cm³/mol. The maximum atomic E-state index is 11.3. The van der Waals surface area contributed by atoms with Gasteiger partial charge in [-0.3, -0.25) is 4.79 Å². The smallest absolute Gasteiger partial charge is 0.310 e. The Labute approximate surface area is 99.8 Å². The highest BCUT2D eigenvalue weighted by Crippen LogP contribution is 2.28. The van der Waals surface area contributed by atoms with E-state index in [9.17, 15) is 9.90 Å². The summed E-state index contributed by atoms with van der Waals surface area (Å²) < 4.78 is 0. The van der Waals surface area contributed by atoms with Gasteiger partial charge in [0.1, 0.15) is 0 Å². The van der Waals surface area contributed by atoms with Crippen molar-refractivity contribution in [1.82, 2.24) is 4.90 Å². The molecule has 0 amide bonds. The van der Waals surface area contributed by atoms with Crippen LogP contribution in [-0.4, -0.2) is 35.1 Å². The lowest BCUT2D eigenvalue weighted by molar-refractivity contribution is -0.150. The van der Waals surface area contributed by atoms with Gasteiger partial charge in [-0.15, -0.1) is 0 Å². The number of carboxylic acids is 1. The first-order valence-electron chi connectivity index (χ1n) is 6.14. The highest BCUT2D eigenvalue weighted by atomic mass is 16.4. The van der Waals surface area contributed by atoms with Crippen molar-refractivity contribution in [2.45, 2.75) is 59.4 Å². The molecule has 0 bridgehead atoms. The lowest BCUT2D eigenvalue weighted by Crippen LogP contribution is -2.48. The number of hydrogen-bond acceptors (Lipinski definition) is 2. The van der Waals surface area contributed by atoms with Crippen molar-refractivity contribution in [1.29, 1.82) is 0 Å². The van der Waals surface area contributed by atoms with Gasteiger partial charge < -0.3 is 10.0 Å². The quantitative estimate of drug-likeness (QED) is 0.729. The van der Waals surface area contributed by atoms with Crippen molar-refractivity contribution >= 4 is 5.97 Å². The summed E-state index contributed by atoms with van der Waals surface area (Å²) in [6.07, 6.45) is 2.65. The van der Waals surface area contributed by atoms with E-state index in [-0.39, 0.29) is 5.54 Å². The Kier molecular flexibility index (Phi) is 5.47. The van der Waals surface area contributed by atoms with Gasteiger partial charge in [-0.25, -0.2) is 0 Å². The van der Waals surface area contributed by atoms with Gasteiger partial charge >= 0.3 is 5.97 Å². The van der Waals surface area contributed by atoms with E-state index in [1.165, 1.54) is 0 Å². The largest absolute Gasteiger partial charge is 0.481 e. The van der Waals surface area contributed by atoms with E-state index >= 15 is 0 Å². The van der Waals surface area contributed by atoms with Gasteiger partial charge in [0.15, 0.2) is 0 Å². The average Bonchev–Trinajstić information content (AvgIpc) is 2.17. The van der Waals surface area contributed by atoms with Gasteiger partial charge in [0.05, 0.1) is 5.41 Å². The van der Waals surface area contributed by atoms with Crippen LogP contribution in [0.2, 0.25) is 0 Å². The van der Waals surface area contributed by atoms with Crippen LogP contribution in [0.5, 0.6) is 0 Å². The van der Waals surface area contributed by atoms with E-state index < -0.39 is 11.4 Å². The minimum atomic E-state index is -0.687. The van der Waals surface area contributed by atoms with Crippen molar-refractivity contribution in [2.75, 3.05) is 13.6 Å². The van der Waals surface area contributed by atoms with Crippen LogP contribution < -0.4 is 0 Å². The fourth-order valence-corrected chi connectivity index (χ4v) is 1.81. The van der Waals surface area contributed by atoms with Gasteiger partial charge in [0.25, 0.3) is 0 Å². The Balaban J connectivity index is 4.71. The highest BCUT2D eigenvalue weighted by Gasteiger charge is 2.36. The van der Waals surface area contributed by atoms with Crippen LogP contribution in [0.4, 0.5) is 0 Å². The first kappa shape index (κ1) is 15.4. The zero-order valence-electron chi connectivity index (χ0n) is 11.6. The van der Waals surface area contributed by atoms with E-state index in [0.717, 1.165) is 19.3 Å². The Morgan fingerprint density at radius 3 is 2.06 bits per heavy atom. The molecule has 0 aromatic carbocycles. The second kappa shape index (κ2) is 5.67. The summed E-state index contributed by atoms with van der Waals surface area (Å²) in [5, 5.41) is 9.32. The Hall–Kier alpha value is -0.570. The molecule has 3 heteroatoms. The lowest BCUT2D eigenvalue weighted by Gasteiger charge is -2.39. The molecule has 0 aromatic heterocycles. The van der Waals surface area contributed by atoms with Crippen molar-refractivity contribution < 1.29 is 9.90 Å². The lowest BCUT2D eigenvalue weighted by atomic mass is 9.83. The summed E-state index contributed by atoms with van der Waals surface area (Å²) in [6, 6.07) is 0. The van der Waals surface area contributed by atoms with Gasteiger partial charge in [0, 0.05) is 12.1 Å². The van der Waals surface area contributed by atoms with E-state index in [1.807, 2.05) is 20.9 Å². The summed E-state index contributed by atoms with van der Waals surface area (Å²) >= 11 is 0. The molecule has 0 spiro atoms. The van der Waals surface area contributed by atoms with Crippen LogP contribution in [0.3, 0.4) is 0 Å². The average molecular weight is 229 g/mol. The number of carbonyl (C=O) groups is 1. The predicted octanol–water partition coefficient (Wildman–Crippen LogP) is 3.00. The molecule has 1 N–H and O–H groups in total. The molecule has 0 aromatic rings. The molecule has 16 heavy (non-hydrogen) atoms. The van der Waals surface area contributed by atoms with Crippen LogP contribution >= 0.6 is 0 Å². The first-order chi connectivity index (χ1) is 7.19. The highest BCUT2D eigenvalue weighted by molar-refractivity contribution is 5.74. The van der Waals surface area contributed by atoms with Gasteiger partial charge in [0.2, 0.25) is 0 Å². The number of hydrogen-bond donors (Lipinski definition) is 1. The first-order valence-corrected chi connectivity index (χ1v) is 6.14. The van der Waals surface area contributed by atoms with E-state index in [0.29, 0.717) is 6.54 Å². The molecule has 96 valence electrons. The topological polar surface area (TPSA) is 40.5 Å². The SMILES string of the molecule is CCCC(C)(CN(C)C(C)(C)CC)C(=O)O. The molecule has 1 unspecified atom stereocenters. The van der Waals surface area contributed by atoms with Crippen molar-refractivity contribution in [3.63, 3.8) is 0 Å². The van der Waals surface area contributed by atoms with Crippen molar-refractivity contribution in [2.24, 2.45) is 5.41 Å². The fourth-order valence-electron chi connectivity index (χ4n) is 1.81. The molecule has 0 aliphatic carbocycles. The van der Waals surface area contributed by atoms with Crippen molar-refractivity contribution in [3.05, 3.63) is 0 Å². The van der Waals surface area contributed by atoms with E-state index in [4.69, 9.17) is 0 Å². The molecular formula is C13H27NO2. The molecular weight excluding hydrogens is 202 g/mol. The maximum Gasteiger partial charge on any atom is 0.310 e. The van der Waals surface area contributed by atoms with E-state index in [1.54, 1.807) is 0 Å². The summed E-state index contributed by atoms with van der Waals surface area (Å²) in [6.45, 7) is 10.9. The van der Waals surface area contributed by atoms with Crippen molar-refractivity contribution in [3.8, 4) is 0 Å². The molecule has 0 radical (unpaired) electrons. The molecule has 0 aliphatic heterocycles. The second-order valence-electron chi connectivity index (χ2n) is 5.64. The van der Waals surface area contributed by atoms with E-state index in [2.05, 4.69) is 25.7 Å². The summed E-state index contributed by atoms with van der Waals surface area (Å²) in [5.41, 5.74) is -0.569. The molecule has 0 fully saturated rings. The molecule has 0 saturated carbocycles. The Bertz CT molecular complexity index is 238. The molecule has 1 atom stereocenters. The fraction of sp³-hybridized carbons (Fsp3) is 0.923. The summed E-state index contributed by atoms with van der Waals surface area (Å²) in [4.78, 5) is 13.5. The van der Waals surface area contributed by atoms with Gasteiger partial charge in [-0.1, -0.05) is 20.3 Å². The maximum absolute atomic E-state index is 11.3. The zero-order valence-corrected chi connectivity index (χ0v) is 11.6. The molecule has 0 saturated heterocycles. The summed E-state index contributed by atoms with van der Waals surface area (Å²) in [5.74, 6) is -0.687. The molecule has 0 heterocycles. The van der Waals surface area contributed by atoms with Crippen LogP contribution in [0.25, 0.3) is 0 Å². The molecule has 0 rings (SSSR count). The molecule has 0 aliphatic rings. The second-order valence-corrected chi connectivity index (χ2v) is 5.64. The van der Waals surface area contributed by atoms with Gasteiger partial charge in [-0.2, -0.15) is 0 Å². The number of aliphatic carboxylic acids is 1. The third-order valence-corrected chi connectivity index (χ3v) is 3.80. The monoisotopic (exact) mass is 229 g/mol. The molecule has 3 nitrogen and oxygen atoms in total. The third kappa shape index (κ3) is 3.78. The van der Waals surface area contributed by atoms with Crippen LogP contribution in [0, 0.1) is 5.41 Å². The normalized spacial score (nSPS) is 16.2. The zero-order chi connectivity index (χ0) is 13.0.